The molecular formula is C21H22N4OS4. The van der Waals surface area contributed by atoms with Crippen LogP contribution in [0.3, 0.4) is 0 Å². The second-order valence-corrected chi connectivity index (χ2v) is 11.9. The van der Waals surface area contributed by atoms with Crippen LogP contribution in [0, 0.1) is 13.8 Å². The molecule has 0 saturated heterocycles. The second kappa shape index (κ2) is 9.21. The van der Waals surface area contributed by atoms with E-state index in [0.717, 1.165) is 29.7 Å². The number of thiophene rings is 1. The fraction of sp³-hybridized carbons (Fsp3) is 0.333. The van der Waals surface area contributed by atoms with E-state index < -0.39 is 0 Å². The summed E-state index contributed by atoms with van der Waals surface area (Å²) in [5.74, 6) is 2.66. The Hall–Kier alpha value is -1.68. The Balaban J connectivity index is 1.37. The predicted octanol–water partition coefficient (Wildman–Crippen LogP) is 6.16. The maximum Gasteiger partial charge on any atom is 0.259 e. The Bertz CT molecular complexity index is 1220. The molecule has 0 atom stereocenters. The van der Waals surface area contributed by atoms with E-state index in [4.69, 9.17) is 0 Å². The van der Waals surface area contributed by atoms with E-state index in [0.29, 0.717) is 22.9 Å². The highest BCUT2D eigenvalue weighted by molar-refractivity contribution is 8.02. The number of hydrogen-bond acceptors (Lipinski definition) is 8. The van der Waals surface area contributed by atoms with E-state index in [1.54, 1.807) is 46.2 Å². The van der Waals surface area contributed by atoms with E-state index in [1.165, 1.54) is 11.1 Å². The Morgan fingerprint density at radius 1 is 1.00 bits per heavy atom. The second-order valence-electron chi connectivity index (χ2n) is 7.28. The average molecular weight is 475 g/mol. The van der Waals surface area contributed by atoms with Gasteiger partial charge in [0.05, 0.1) is 11.1 Å². The first-order valence-electron chi connectivity index (χ1n) is 9.57. The summed E-state index contributed by atoms with van der Waals surface area (Å²) in [6, 6.07) is 8.77. The summed E-state index contributed by atoms with van der Waals surface area (Å²) in [6.45, 7) is 8.40. The van der Waals surface area contributed by atoms with Crippen molar-refractivity contribution in [2.75, 3.05) is 0 Å². The minimum atomic E-state index is -0.0607. The van der Waals surface area contributed by atoms with E-state index in [-0.39, 0.29) is 5.56 Å². The zero-order valence-corrected chi connectivity index (χ0v) is 20.4. The molecule has 0 spiro atoms. The highest BCUT2D eigenvalue weighted by Crippen LogP contribution is 2.32. The molecule has 0 bridgehead atoms. The molecule has 1 aromatic carbocycles. The Morgan fingerprint density at radius 3 is 2.33 bits per heavy atom. The first-order chi connectivity index (χ1) is 14.4. The van der Waals surface area contributed by atoms with Crippen LogP contribution in [0.4, 0.5) is 0 Å². The Labute approximate surface area is 191 Å². The van der Waals surface area contributed by atoms with Crippen LogP contribution in [0.5, 0.6) is 0 Å². The van der Waals surface area contributed by atoms with Gasteiger partial charge in [0.25, 0.3) is 5.56 Å². The van der Waals surface area contributed by atoms with Crippen molar-refractivity contribution in [3.63, 3.8) is 0 Å². The van der Waals surface area contributed by atoms with Crippen molar-refractivity contribution in [3.8, 4) is 0 Å². The summed E-state index contributed by atoms with van der Waals surface area (Å²) in [5, 5.41) is 9.28. The van der Waals surface area contributed by atoms with Crippen molar-refractivity contribution in [2.24, 2.45) is 0 Å². The molecule has 0 amide bonds. The quantitative estimate of drug-likeness (QED) is 0.323. The average Bonchev–Trinajstić information content (AvgIpc) is 3.29. The molecule has 0 fully saturated rings. The van der Waals surface area contributed by atoms with Crippen LogP contribution >= 0.6 is 46.2 Å². The molecule has 0 radical (unpaired) electrons. The maximum atomic E-state index is 12.4. The van der Waals surface area contributed by atoms with Crippen molar-refractivity contribution < 1.29 is 0 Å². The van der Waals surface area contributed by atoms with Gasteiger partial charge in [-0.3, -0.25) is 4.79 Å². The third-order valence-electron chi connectivity index (χ3n) is 4.82. The van der Waals surface area contributed by atoms with Gasteiger partial charge >= 0.3 is 0 Å². The number of thioether (sulfide) groups is 2. The fourth-order valence-corrected chi connectivity index (χ4v) is 6.85. The molecule has 156 valence electrons. The molecule has 0 aliphatic carbocycles. The number of H-pyrrole nitrogens is 1. The summed E-state index contributed by atoms with van der Waals surface area (Å²) in [5.41, 5.74) is 3.60. The van der Waals surface area contributed by atoms with Crippen LogP contribution in [-0.4, -0.2) is 20.2 Å². The summed E-state index contributed by atoms with van der Waals surface area (Å²) in [7, 11) is 0. The molecule has 0 saturated carbocycles. The van der Waals surface area contributed by atoms with Crippen molar-refractivity contribution in [2.45, 2.75) is 53.8 Å². The molecule has 4 rings (SSSR count). The largest absolute Gasteiger partial charge is 0.309 e. The van der Waals surface area contributed by atoms with Crippen molar-refractivity contribution in [1.82, 2.24) is 20.2 Å². The van der Waals surface area contributed by atoms with Gasteiger partial charge in [-0.2, -0.15) is 0 Å². The highest BCUT2D eigenvalue weighted by Gasteiger charge is 2.13. The molecule has 1 N–H and O–H groups in total. The number of nitrogens with one attached hydrogen (secondary N) is 1. The summed E-state index contributed by atoms with van der Waals surface area (Å²) in [4.78, 5) is 21.9. The molecule has 3 aromatic heterocycles. The van der Waals surface area contributed by atoms with Gasteiger partial charge in [-0.1, -0.05) is 73.0 Å². The van der Waals surface area contributed by atoms with Crippen LogP contribution in [0.1, 0.15) is 47.2 Å². The fourth-order valence-electron chi connectivity index (χ4n) is 2.96. The molecule has 5 nitrogen and oxygen atoms in total. The van der Waals surface area contributed by atoms with Gasteiger partial charge in [0.15, 0.2) is 8.68 Å². The van der Waals surface area contributed by atoms with Crippen molar-refractivity contribution in [1.29, 1.82) is 0 Å². The van der Waals surface area contributed by atoms with E-state index in [2.05, 4.69) is 58.3 Å². The molecule has 4 aromatic rings. The van der Waals surface area contributed by atoms with Crippen LogP contribution in [0.25, 0.3) is 10.2 Å². The number of aromatic nitrogens is 4. The van der Waals surface area contributed by atoms with Crippen molar-refractivity contribution in [3.05, 3.63) is 62.0 Å². The zero-order valence-electron chi connectivity index (χ0n) is 17.2. The van der Waals surface area contributed by atoms with E-state index >= 15 is 0 Å². The first kappa shape index (κ1) is 21.5. The Morgan fingerprint density at radius 2 is 1.67 bits per heavy atom. The summed E-state index contributed by atoms with van der Waals surface area (Å²) >= 11 is 6.40. The van der Waals surface area contributed by atoms with Gasteiger partial charge in [0.1, 0.15) is 10.7 Å². The topological polar surface area (TPSA) is 71.5 Å². The lowest BCUT2D eigenvalue weighted by Gasteiger charge is -2.05. The number of hydrogen-bond donors (Lipinski definition) is 1. The highest BCUT2D eigenvalue weighted by atomic mass is 32.2. The summed E-state index contributed by atoms with van der Waals surface area (Å²) < 4.78 is 1.83. The third-order valence-corrected chi connectivity index (χ3v) is 9.19. The molecule has 3 heterocycles. The van der Waals surface area contributed by atoms with Gasteiger partial charge in [-0.05, 0) is 36.5 Å². The van der Waals surface area contributed by atoms with Gasteiger partial charge < -0.3 is 4.98 Å². The number of benzene rings is 1. The number of aromatic amines is 1. The molecular weight excluding hydrogens is 453 g/mol. The minimum absolute atomic E-state index is 0.0607. The minimum Gasteiger partial charge on any atom is -0.309 e. The molecule has 0 aliphatic heterocycles. The monoisotopic (exact) mass is 474 g/mol. The van der Waals surface area contributed by atoms with Crippen LogP contribution in [0.2, 0.25) is 0 Å². The molecule has 0 aliphatic rings. The van der Waals surface area contributed by atoms with Crippen LogP contribution in [0.15, 0.2) is 37.7 Å². The van der Waals surface area contributed by atoms with Crippen LogP contribution in [-0.2, 0) is 11.5 Å². The van der Waals surface area contributed by atoms with Gasteiger partial charge in [0.2, 0.25) is 0 Å². The molecule has 30 heavy (non-hydrogen) atoms. The predicted molar refractivity (Wildman–Crippen MR) is 129 cm³/mol. The third kappa shape index (κ3) is 4.80. The number of fused-ring (bicyclic) bond motifs is 1. The zero-order chi connectivity index (χ0) is 21.3. The number of aryl methyl sites for hydroxylation is 2. The number of rotatable bonds is 7. The van der Waals surface area contributed by atoms with Gasteiger partial charge in [-0.15, -0.1) is 21.5 Å². The smallest absolute Gasteiger partial charge is 0.259 e. The first-order valence-corrected chi connectivity index (χ1v) is 13.2. The molecule has 0 unspecified atom stereocenters. The van der Waals surface area contributed by atoms with Gasteiger partial charge in [0, 0.05) is 10.6 Å². The molecule has 9 heteroatoms. The lowest BCUT2D eigenvalue weighted by atomic mass is 10.0. The SMILES string of the molecule is Cc1sc2nc(CSc3nnc(SCc4ccc(C(C)C)cc4)s3)[nH]c(=O)c2c1C. The van der Waals surface area contributed by atoms with Crippen molar-refractivity contribution >= 4 is 56.4 Å². The summed E-state index contributed by atoms with van der Waals surface area (Å²) in [6.07, 6.45) is 0. The van der Waals surface area contributed by atoms with E-state index in [1.807, 2.05) is 13.8 Å². The lowest BCUT2D eigenvalue weighted by Crippen LogP contribution is -2.10. The normalized spacial score (nSPS) is 11.6. The van der Waals surface area contributed by atoms with Crippen LogP contribution < -0.4 is 5.56 Å². The Kier molecular flexibility index (Phi) is 6.62. The number of nitrogens with zero attached hydrogens (tertiary/aromatic N) is 3. The maximum absolute atomic E-state index is 12.4. The standard InChI is InChI=1S/C21H22N4OS4/c1-11(2)15-7-5-14(6-8-15)9-27-20-24-25-21(30-20)28-10-16-22-18(26)17-12(3)13(4)29-19(17)23-16/h5-8,11H,9-10H2,1-4H3,(H,22,23,26). The van der Waals surface area contributed by atoms with E-state index in [9.17, 15) is 4.79 Å². The lowest BCUT2D eigenvalue weighted by molar-refractivity contribution is 0.866. The van der Waals surface area contributed by atoms with Gasteiger partial charge in [-0.25, -0.2) is 4.98 Å².